The van der Waals surface area contributed by atoms with E-state index in [1.54, 1.807) is 51.7 Å². The Morgan fingerprint density at radius 3 is 2.17 bits per heavy atom. The third-order valence-electron chi connectivity index (χ3n) is 3.54. The maximum Gasteiger partial charge on any atom is 0.258 e. The Morgan fingerprint density at radius 2 is 1.50 bits per heavy atom. The van der Waals surface area contributed by atoms with Crippen molar-refractivity contribution in [1.82, 2.24) is 10.1 Å². The molecule has 0 amide bonds. The molecule has 3 rings (SSSR count). The molecule has 0 aliphatic rings. The van der Waals surface area contributed by atoms with Crippen LogP contribution in [-0.4, -0.2) is 31.5 Å². The topological polar surface area (TPSA) is 92.6 Å². The molecule has 7 heteroatoms. The Hall–Kier alpha value is -3.22. The summed E-state index contributed by atoms with van der Waals surface area (Å²) in [6.07, 6.45) is 0. The van der Waals surface area contributed by atoms with Gasteiger partial charge in [0.2, 0.25) is 5.82 Å². The number of hydrogen-bond acceptors (Lipinski definition) is 7. The monoisotopic (exact) mass is 327 g/mol. The van der Waals surface area contributed by atoms with E-state index in [1.807, 2.05) is 6.07 Å². The van der Waals surface area contributed by atoms with E-state index in [2.05, 4.69) is 10.1 Å². The number of ether oxygens (including phenoxy) is 3. The van der Waals surface area contributed by atoms with E-state index >= 15 is 0 Å². The predicted molar refractivity (Wildman–Crippen MR) is 89.2 cm³/mol. The van der Waals surface area contributed by atoms with Gasteiger partial charge in [-0.1, -0.05) is 5.16 Å². The minimum absolute atomic E-state index is 0.370. The van der Waals surface area contributed by atoms with Crippen molar-refractivity contribution in [3.63, 3.8) is 0 Å². The van der Waals surface area contributed by atoms with Gasteiger partial charge in [-0.05, 0) is 36.4 Å². The molecule has 0 aliphatic carbocycles. The fraction of sp³-hybridized carbons (Fsp3) is 0.176. The van der Waals surface area contributed by atoms with Crippen molar-refractivity contribution in [1.29, 1.82) is 0 Å². The van der Waals surface area contributed by atoms with Gasteiger partial charge >= 0.3 is 0 Å². The van der Waals surface area contributed by atoms with E-state index in [4.69, 9.17) is 24.5 Å². The second-order valence-corrected chi connectivity index (χ2v) is 4.95. The molecule has 0 aliphatic heterocycles. The van der Waals surface area contributed by atoms with Gasteiger partial charge in [0, 0.05) is 11.1 Å². The van der Waals surface area contributed by atoms with Crippen LogP contribution < -0.4 is 19.9 Å². The summed E-state index contributed by atoms with van der Waals surface area (Å²) in [5, 5.41) is 4.01. The minimum Gasteiger partial charge on any atom is -0.495 e. The normalized spacial score (nSPS) is 10.5. The lowest BCUT2D eigenvalue weighted by atomic mass is 10.1. The van der Waals surface area contributed by atoms with Gasteiger partial charge in [0.15, 0.2) is 11.5 Å². The van der Waals surface area contributed by atoms with Crippen LogP contribution >= 0.6 is 0 Å². The molecule has 0 fully saturated rings. The van der Waals surface area contributed by atoms with Crippen LogP contribution in [0.5, 0.6) is 17.2 Å². The van der Waals surface area contributed by atoms with Crippen LogP contribution in [0.15, 0.2) is 40.9 Å². The number of nitrogens with two attached hydrogens (primary N) is 1. The predicted octanol–water partition coefficient (Wildman–Crippen LogP) is 3.01. The number of nitrogens with zero attached hydrogens (tertiary/aromatic N) is 2. The van der Waals surface area contributed by atoms with Gasteiger partial charge in [0.05, 0.1) is 27.0 Å². The molecule has 7 nitrogen and oxygen atoms in total. The van der Waals surface area contributed by atoms with Crippen molar-refractivity contribution in [2.24, 2.45) is 0 Å². The zero-order valence-electron chi connectivity index (χ0n) is 13.6. The highest BCUT2D eigenvalue weighted by atomic mass is 16.5. The Morgan fingerprint density at radius 1 is 0.833 bits per heavy atom. The van der Waals surface area contributed by atoms with Crippen molar-refractivity contribution in [2.45, 2.75) is 0 Å². The first kappa shape index (κ1) is 15.7. The van der Waals surface area contributed by atoms with Crippen molar-refractivity contribution in [3.05, 3.63) is 36.4 Å². The summed E-state index contributed by atoms with van der Waals surface area (Å²) < 4.78 is 21.0. The van der Waals surface area contributed by atoms with Crippen LogP contribution in [0.2, 0.25) is 0 Å². The third kappa shape index (κ3) is 2.83. The quantitative estimate of drug-likeness (QED) is 0.720. The Balaban J connectivity index is 1.95. The summed E-state index contributed by atoms with van der Waals surface area (Å²) in [6, 6.07) is 10.7. The molecule has 124 valence electrons. The Kier molecular flexibility index (Phi) is 4.24. The molecular formula is C17H17N3O4. The number of rotatable bonds is 5. The number of benzene rings is 2. The molecule has 24 heavy (non-hydrogen) atoms. The van der Waals surface area contributed by atoms with E-state index < -0.39 is 0 Å². The van der Waals surface area contributed by atoms with Crippen LogP contribution in [0.25, 0.3) is 22.8 Å². The molecule has 0 radical (unpaired) electrons. The number of nitrogen functional groups attached to an aromatic ring is 1. The van der Waals surface area contributed by atoms with Crippen molar-refractivity contribution in [2.75, 3.05) is 27.1 Å². The lowest BCUT2D eigenvalue weighted by Crippen LogP contribution is -1.92. The average Bonchev–Trinajstić information content (AvgIpc) is 3.11. The van der Waals surface area contributed by atoms with Crippen LogP contribution in [0.3, 0.4) is 0 Å². The number of methoxy groups -OCH3 is 3. The fourth-order valence-corrected chi connectivity index (χ4v) is 2.30. The molecule has 0 spiro atoms. The van der Waals surface area contributed by atoms with Crippen molar-refractivity contribution < 1.29 is 18.7 Å². The fourth-order valence-electron chi connectivity index (χ4n) is 2.30. The van der Waals surface area contributed by atoms with Crippen LogP contribution in [0, 0.1) is 0 Å². The number of aromatic nitrogens is 2. The van der Waals surface area contributed by atoms with E-state index in [9.17, 15) is 0 Å². The maximum atomic E-state index is 5.91. The first-order valence-corrected chi connectivity index (χ1v) is 7.16. The second-order valence-electron chi connectivity index (χ2n) is 4.95. The lowest BCUT2D eigenvalue weighted by Gasteiger charge is -2.07. The summed E-state index contributed by atoms with van der Waals surface area (Å²) >= 11 is 0. The summed E-state index contributed by atoms with van der Waals surface area (Å²) in [6.45, 7) is 0. The molecule has 0 bridgehead atoms. The lowest BCUT2D eigenvalue weighted by molar-refractivity contribution is 0.355. The Labute approximate surface area is 139 Å². The van der Waals surface area contributed by atoms with Gasteiger partial charge in [-0.2, -0.15) is 4.98 Å². The van der Waals surface area contributed by atoms with Gasteiger partial charge in [0.25, 0.3) is 5.89 Å². The van der Waals surface area contributed by atoms with Crippen molar-refractivity contribution in [3.8, 4) is 40.1 Å². The number of hydrogen-bond donors (Lipinski definition) is 1. The van der Waals surface area contributed by atoms with E-state index in [-0.39, 0.29) is 0 Å². The molecule has 0 unspecified atom stereocenters. The molecule has 0 atom stereocenters. The SMILES string of the molecule is COc1ccc(-c2nc(-c3ccc(OC)c(OC)c3)no2)cc1N. The average molecular weight is 327 g/mol. The van der Waals surface area contributed by atoms with E-state index in [0.717, 1.165) is 5.56 Å². The number of anilines is 1. The molecule has 3 aromatic rings. The van der Waals surface area contributed by atoms with Gasteiger partial charge in [-0.3, -0.25) is 0 Å². The summed E-state index contributed by atoms with van der Waals surface area (Å²) in [7, 11) is 4.72. The highest BCUT2D eigenvalue weighted by Crippen LogP contribution is 2.33. The summed E-state index contributed by atoms with van der Waals surface area (Å²) in [4.78, 5) is 4.41. The zero-order valence-corrected chi connectivity index (χ0v) is 13.6. The first-order valence-electron chi connectivity index (χ1n) is 7.16. The highest BCUT2D eigenvalue weighted by molar-refractivity contribution is 5.67. The van der Waals surface area contributed by atoms with Crippen LogP contribution in [0.4, 0.5) is 5.69 Å². The largest absolute Gasteiger partial charge is 0.495 e. The van der Waals surface area contributed by atoms with Gasteiger partial charge < -0.3 is 24.5 Å². The second kappa shape index (κ2) is 6.49. The van der Waals surface area contributed by atoms with Gasteiger partial charge in [-0.15, -0.1) is 0 Å². The summed E-state index contributed by atoms with van der Waals surface area (Å²) in [5.41, 5.74) is 7.88. The molecule has 2 N–H and O–H groups in total. The third-order valence-corrected chi connectivity index (χ3v) is 3.54. The standard InChI is InChI=1S/C17H17N3O4/c1-21-13-6-5-11(8-12(13)18)17-19-16(20-24-17)10-4-7-14(22-2)15(9-10)23-3/h4-9H,18H2,1-3H3. The molecule has 0 saturated carbocycles. The molecule has 1 heterocycles. The molecule has 2 aromatic carbocycles. The maximum absolute atomic E-state index is 5.91. The Bertz CT molecular complexity index is 861. The van der Waals surface area contributed by atoms with E-state index in [0.29, 0.717) is 40.2 Å². The molecule has 0 saturated heterocycles. The smallest absolute Gasteiger partial charge is 0.258 e. The zero-order chi connectivity index (χ0) is 17.1. The van der Waals surface area contributed by atoms with E-state index in [1.165, 1.54) is 0 Å². The molecular weight excluding hydrogens is 310 g/mol. The highest BCUT2D eigenvalue weighted by Gasteiger charge is 2.14. The van der Waals surface area contributed by atoms with Crippen molar-refractivity contribution >= 4 is 5.69 Å². The molecule has 1 aromatic heterocycles. The minimum atomic E-state index is 0.370. The van der Waals surface area contributed by atoms with Gasteiger partial charge in [-0.25, -0.2) is 0 Å². The first-order chi connectivity index (χ1) is 11.7. The van der Waals surface area contributed by atoms with Gasteiger partial charge in [0.1, 0.15) is 5.75 Å². The van der Waals surface area contributed by atoms with Crippen LogP contribution in [-0.2, 0) is 0 Å². The van der Waals surface area contributed by atoms with Crippen LogP contribution in [0.1, 0.15) is 0 Å². The summed E-state index contributed by atoms with van der Waals surface area (Å²) in [5.74, 6) is 2.63.